The van der Waals surface area contributed by atoms with Crippen LogP contribution in [0.5, 0.6) is 5.75 Å². The Kier molecular flexibility index (Phi) is 8.49. The number of alkyl halides is 2. The lowest BCUT2D eigenvalue weighted by Crippen LogP contribution is -2.39. The number of ether oxygens (including phenoxy) is 2. The van der Waals surface area contributed by atoms with Crippen molar-refractivity contribution in [2.24, 2.45) is 0 Å². The molecule has 0 aliphatic rings. The highest BCUT2D eigenvalue weighted by Crippen LogP contribution is 2.17. The van der Waals surface area contributed by atoms with Gasteiger partial charge in [-0.3, -0.25) is 9.59 Å². The van der Waals surface area contributed by atoms with Crippen molar-refractivity contribution in [3.8, 4) is 5.75 Å². The van der Waals surface area contributed by atoms with E-state index in [4.69, 9.17) is 4.74 Å². The first-order valence-electron chi connectivity index (χ1n) is 8.88. The lowest BCUT2D eigenvalue weighted by atomic mass is 10.2. The van der Waals surface area contributed by atoms with Crippen molar-refractivity contribution >= 4 is 29.5 Å². The van der Waals surface area contributed by atoms with Crippen molar-refractivity contribution in [3.05, 3.63) is 66.2 Å². The number of hydrogen-bond acceptors (Lipinski definition) is 5. The molecule has 0 bridgehead atoms. The second kappa shape index (κ2) is 11.3. The average Bonchev–Trinajstić information content (AvgIpc) is 2.72. The zero-order valence-electron chi connectivity index (χ0n) is 16.0. The summed E-state index contributed by atoms with van der Waals surface area (Å²) >= 11 is 0. The van der Waals surface area contributed by atoms with E-state index >= 15 is 0 Å². The van der Waals surface area contributed by atoms with Gasteiger partial charge in [0.25, 0.3) is 5.91 Å². The SMILES string of the molecule is C[C@H](NC(=O)/C=C/c1ccccc1)C(=O)OCC(=O)Nc1ccc(OC(F)F)cc1. The number of amides is 2. The molecule has 2 N–H and O–H groups in total. The molecule has 0 aliphatic heterocycles. The second-order valence-electron chi connectivity index (χ2n) is 6.03. The highest BCUT2D eigenvalue weighted by Gasteiger charge is 2.17. The van der Waals surface area contributed by atoms with Gasteiger partial charge in [-0.1, -0.05) is 30.3 Å². The molecule has 0 saturated carbocycles. The Bertz CT molecular complexity index is 886. The van der Waals surface area contributed by atoms with Crippen LogP contribution >= 0.6 is 0 Å². The van der Waals surface area contributed by atoms with Crippen molar-refractivity contribution in [1.82, 2.24) is 5.32 Å². The molecule has 2 aromatic carbocycles. The maximum atomic E-state index is 12.1. The third-order valence-corrected chi connectivity index (χ3v) is 3.65. The molecule has 158 valence electrons. The van der Waals surface area contributed by atoms with Gasteiger partial charge in [0.05, 0.1) is 0 Å². The lowest BCUT2D eigenvalue weighted by molar-refractivity contribution is -0.149. The fraction of sp³-hybridized carbons (Fsp3) is 0.190. The van der Waals surface area contributed by atoms with Crippen LogP contribution in [0.3, 0.4) is 0 Å². The lowest BCUT2D eigenvalue weighted by Gasteiger charge is -2.12. The molecule has 1 atom stereocenters. The van der Waals surface area contributed by atoms with Crippen molar-refractivity contribution in [2.45, 2.75) is 19.6 Å². The largest absolute Gasteiger partial charge is 0.454 e. The maximum Gasteiger partial charge on any atom is 0.387 e. The molecule has 0 aromatic heterocycles. The first-order chi connectivity index (χ1) is 14.3. The Morgan fingerprint density at radius 1 is 1.03 bits per heavy atom. The number of benzene rings is 2. The van der Waals surface area contributed by atoms with Gasteiger partial charge in [0.15, 0.2) is 6.61 Å². The topological polar surface area (TPSA) is 93.7 Å². The van der Waals surface area contributed by atoms with E-state index < -0.39 is 37.0 Å². The molecule has 0 fully saturated rings. The van der Waals surface area contributed by atoms with E-state index in [1.54, 1.807) is 6.08 Å². The van der Waals surface area contributed by atoms with Crippen molar-refractivity contribution < 1.29 is 32.6 Å². The third-order valence-electron chi connectivity index (χ3n) is 3.65. The quantitative estimate of drug-likeness (QED) is 0.482. The average molecular weight is 418 g/mol. The van der Waals surface area contributed by atoms with Crippen LogP contribution in [0.2, 0.25) is 0 Å². The molecule has 0 spiro atoms. The number of esters is 1. The highest BCUT2D eigenvalue weighted by molar-refractivity contribution is 5.95. The molecular formula is C21H20F2N2O5. The summed E-state index contributed by atoms with van der Waals surface area (Å²) in [5.74, 6) is -1.96. The van der Waals surface area contributed by atoms with E-state index in [1.165, 1.54) is 37.3 Å². The number of halogens is 2. The second-order valence-corrected chi connectivity index (χ2v) is 6.03. The molecule has 30 heavy (non-hydrogen) atoms. The fourth-order valence-electron chi connectivity index (χ4n) is 2.23. The van der Waals surface area contributed by atoms with Crippen LogP contribution in [0.15, 0.2) is 60.7 Å². The van der Waals surface area contributed by atoms with Crippen LogP contribution in [0.1, 0.15) is 12.5 Å². The van der Waals surface area contributed by atoms with Crippen LogP contribution in [-0.2, 0) is 19.1 Å². The zero-order chi connectivity index (χ0) is 21.9. The smallest absolute Gasteiger partial charge is 0.387 e. The van der Waals surface area contributed by atoms with Crippen molar-refractivity contribution in [1.29, 1.82) is 0 Å². The number of carbonyl (C=O) groups is 3. The predicted molar refractivity (Wildman–Crippen MR) is 106 cm³/mol. The van der Waals surface area contributed by atoms with Crippen LogP contribution in [0.4, 0.5) is 14.5 Å². The molecule has 7 nitrogen and oxygen atoms in total. The molecule has 0 unspecified atom stereocenters. The number of anilines is 1. The van der Waals surface area contributed by atoms with E-state index in [2.05, 4.69) is 15.4 Å². The minimum Gasteiger partial charge on any atom is -0.454 e. The van der Waals surface area contributed by atoms with Gasteiger partial charge < -0.3 is 20.1 Å². The summed E-state index contributed by atoms with van der Waals surface area (Å²) in [5.41, 5.74) is 1.14. The minimum absolute atomic E-state index is 0.0553. The van der Waals surface area contributed by atoms with Gasteiger partial charge in [0.2, 0.25) is 5.91 Å². The molecule has 0 saturated heterocycles. The standard InChI is InChI=1S/C21H20F2N2O5/c1-14(24-18(26)12-7-15-5-3-2-4-6-15)20(28)29-13-19(27)25-16-8-10-17(11-9-16)30-21(22)23/h2-12,14,21H,13H2,1H3,(H,24,26)(H,25,27)/b12-7+/t14-/m0/s1. The van der Waals surface area contributed by atoms with Crippen LogP contribution in [0.25, 0.3) is 6.08 Å². The van der Waals surface area contributed by atoms with Gasteiger partial charge in [-0.2, -0.15) is 8.78 Å². The van der Waals surface area contributed by atoms with Gasteiger partial charge in [-0.05, 0) is 42.8 Å². The summed E-state index contributed by atoms with van der Waals surface area (Å²) < 4.78 is 33.3. The normalized spacial score (nSPS) is 11.7. The number of rotatable bonds is 9. The van der Waals surface area contributed by atoms with E-state index in [9.17, 15) is 23.2 Å². The van der Waals surface area contributed by atoms with Gasteiger partial charge in [0, 0.05) is 11.8 Å². The molecule has 0 radical (unpaired) electrons. The minimum atomic E-state index is -2.94. The summed E-state index contributed by atoms with van der Waals surface area (Å²) in [6, 6.07) is 13.4. The molecule has 9 heteroatoms. The maximum absolute atomic E-state index is 12.1. The summed E-state index contributed by atoms with van der Waals surface area (Å²) in [5, 5.41) is 4.88. The Labute approximate surface area is 171 Å². The van der Waals surface area contributed by atoms with Crippen molar-refractivity contribution in [3.63, 3.8) is 0 Å². The van der Waals surface area contributed by atoms with E-state index in [0.717, 1.165) is 5.56 Å². The summed E-state index contributed by atoms with van der Waals surface area (Å²) in [7, 11) is 0. The van der Waals surface area contributed by atoms with Gasteiger partial charge in [0.1, 0.15) is 11.8 Å². The van der Waals surface area contributed by atoms with E-state index in [-0.39, 0.29) is 5.75 Å². The molecule has 2 rings (SSSR count). The van der Waals surface area contributed by atoms with Gasteiger partial charge in [-0.15, -0.1) is 0 Å². The fourth-order valence-corrected chi connectivity index (χ4v) is 2.23. The molecule has 2 aromatic rings. The monoisotopic (exact) mass is 418 g/mol. The highest BCUT2D eigenvalue weighted by atomic mass is 19.3. The Balaban J connectivity index is 1.73. The Morgan fingerprint density at radius 2 is 1.70 bits per heavy atom. The van der Waals surface area contributed by atoms with Crippen LogP contribution in [-0.4, -0.2) is 37.0 Å². The molecular weight excluding hydrogens is 398 g/mol. The summed E-state index contributed by atoms with van der Waals surface area (Å²) in [4.78, 5) is 35.6. The molecule has 0 aliphatic carbocycles. The zero-order valence-corrected chi connectivity index (χ0v) is 16.0. The Morgan fingerprint density at radius 3 is 2.33 bits per heavy atom. The number of carbonyl (C=O) groups excluding carboxylic acids is 3. The number of hydrogen-bond donors (Lipinski definition) is 2. The van der Waals surface area contributed by atoms with E-state index in [0.29, 0.717) is 5.69 Å². The summed E-state index contributed by atoms with van der Waals surface area (Å²) in [6.45, 7) is -2.09. The first kappa shape index (κ1) is 22.5. The molecule has 0 heterocycles. The predicted octanol–water partition coefficient (Wildman–Crippen LogP) is 2.99. The van der Waals surface area contributed by atoms with Gasteiger partial charge >= 0.3 is 12.6 Å². The number of nitrogens with one attached hydrogen (secondary N) is 2. The van der Waals surface area contributed by atoms with E-state index in [1.807, 2.05) is 30.3 Å². The van der Waals surface area contributed by atoms with Crippen LogP contribution in [0, 0.1) is 0 Å². The third kappa shape index (κ3) is 8.09. The molecule has 2 amide bonds. The first-order valence-corrected chi connectivity index (χ1v) is 8.88. The Hall–Kier alpha value is -3.75. The van der Waals surface area contributed by atoms with Crippen molar-refractivity contribution in [2.75, 3.05) is 11.9 Å². The summed E-state index contributed by atoms with van der Waals surface area (Å²) in [6.07, 6.45) is 2.88. The van der Waals surface area contributed by atoms with Gasteiger partial charge in [-0.25, -0.2) is 4.79 Å². The van der Waals surface area contributed by atoms with Crippen LogP contribution < -0.4 is 15.4 Å².